The molecule has 0 aromatic heterocycles. The highest BCUT2D eigenvalue weighted by Crippen LogP contribution is 2.32. The van der Waals surface area contributed by atoms with Crippen LogP contribution in [0, 0.1) is 0 Å². The predicted molar refractivity (Wildman–Crippen MR) is 81.3 cm³/mol. The van der Waals surface area contributed by atoms with Gasteiger partial charge in [-0.1, -0.05) is 48.5 Å². The highest BCUT2D eigenvalue weighted by atomic mass is 32.2. The summed E-state index contributed by atoms with van der Waals surface area (Å²) in [6.07, 6.45) is 0. The van der Waals surface area contributed by atoms with Gasteiger partial charge in [0.2, 0.25) is 0 Å². The number of fused-ring (bicyclic) bond motifs is 1. The molecule has 3 aromatic rings. The average Bonchev–Trinajstić information content (AvgIpc) is 2.46. The molecule has 0 saturated heterocycles. The lowest BCUT2D eigenvalue weighted by molar-refractivity contribution is 0.650. The van der Waals surface area contributed by atoms with Gasteiger partial charge in [0.1, 0.15) is 0 Å². The Hall–Kier alpha value is -2.13. The minimum absolute atomic E-state index is 0.648. The van der Waals surface area contributed by atoms with Crippen molar-refractivity contribution in [3.63, 3.8) is 0 Å². The summed E-state index contributed by atoms with van der Waals surface area (Å²) in [6, 6.07) is 21.9. The molecule has 0 bridgehead atoms. The van der Waals surface area contributed by atoms with Gasteiger partial charge >= 0.3 is 0 Å². The van der Waals surface area contributed by atoms with Crippen molar-refractivity contribution in [2.45, 2.75) is 4.90 Å². The van der Waals surface area contributed by atoms with Crippen LogP contribution < -0.4 is 9.92 Å². The van der Waals surface area contributed by atoms with Crippen LogP contribution in [0.4, 0.5) is 5.69 Å². The zero-order valence-corrected chi connectivity index (χ0v) is 11.1. The van der Waals surface area contributed by atoms with E-state index in [1.807, 2.05) is 48.5 Å². The maximum atomic E-state index is 5.86. The van der Waals surface area contributed by atoms with Gasteiger partial charge in [0.15, 0.2) is 5.75 Å². The molecule has 0 heterocycles. The summed E-state index contributed by atoms with van der Waals surface area (Å²) < 4.78 is 5.72. The van der Waals surface area contributed by atoms with Crippen LogP contribution in [0.25, 0.3) is 10.8 Å². The Kier molecular flexibility index (Phi) is 3.29. The molecular formula is C16H13NOS. The standard InChI is InChI=1S/C16H13NOS/c17-14-9-3-4-10-15(14)18-19-16-11-5-7-12-6-1-2-8-13(12)16/h1-11H,17H2. The number of hydrogen-bond donors (Lipinski definition) is 1. The van der Waals surface area contributed by atoms with Crippen molar-refractivity contribution in [2.24, 2.45) is 0 Å². The summed E-state index contributed by atoms with van der Waals surface area (Å²) in [7, 11) is 0. The summed E-state index contributed by atoms with van der Waals surface area (Å²) in [5, 5.41) is 2.39. The van der Waals surface area contributed by atoms with Crippen LogP contribution in [0.1, 0.15) is 0 Å². The van der Waals surface area contributed by atoms with E-state index in [2.05, 4.69) is 18.2 Å². The minimum atomic E-state index is 0.648. The first-order chi connectivity index (χ1) is 9.34. The summed E-state index contributed by atoms with van der Waals surface area (Å²) >= 11 is 1.34. The molecule has 0 atom stereocenters. The van der Waals surface area contributed by atoms with Gasteiger partial charge in [-0.15, -0.1) is 0 Å². The van der Waals surface area contributed by atoms with Gasteiger partial charge in [0, 0.05) is 0 Å². The Bertz CT molecular complexity index is 706. The van der Waals surface area contributed by atoms with Crippen molar-refractivity contribution in [3.8, 4) is 5.75 Å². The van der Waals surface area contributed by atoms with E-state index in [-0.39, 0.29) is 0 Å². The summed E-state index contributed by atoms with van der Waals surface area (Å²) in [5.41, 5.74) is 6.51. The molecule has 0 aliphatic carbocycles. The monoisotopic (exact) mass is 267 g/mol. The van der Waals surface area contributed by atoms with E-state index in [9.17, 15) is 0 Å². The van der Waals surface area contributed by atoms with Crippen molar-refractivity contribution >= 4 is 28.5 Å². The molecular weight excluding hydrogens is 254 g/mol. The molecule has 2 N–H and O–H groups in total. The second-order valence-electron chi connectivity index (χ2n) is 4.18. The van der Waals surface area contributed by atoms with E-state index < -0.39 is 0 Å². The molecule has 19 heavy (non-hydrogen) atoms. The maximum Gasteiger partial charge on any atom is 0.160 e. The van der Waals surface area contributed by atoms with Crippen molar-refractivity contribution in [1.82, 2.24) is 0 Å². The number of hydrogen-bond acceptors (Lipinski definition) is 3. The van der Waals surface area contributed by atoms with Crippen LogP contribution in [0.15, 0.2) is 71.6 Å². The number of anilines is 1. The van der Waals surface area contributed by atoms with Crippen LogP contribution in [-0.2, 0) is 0 Å². The van der Waals surface area contributed by atoms with E-state index >= 15 is 0 Å². The fraction of sp³-hybridized carbons (Fsp3) is 0. The second-order valence-corrected chi connectivity index (χ2v) is 4.95. The average molecular weight is 267 g/mol. The molecule has 0 radical (unpaired) electrons. The van der Waals surface area contributed by atoms with E-state index in [1.165, 1.54) is 22.8 Å². The number of benzene rings is 3. The van der Waals surface area contributed by atoms with Crippen LogP contribution in [0.5, 0.6) is 5.75 Å². The van der Waals surface area contributed by atoms with Crippen molar-refractivity contribution in [1.29, 1.82) is 0 Å². The van der Waals surface area contributed by atoms with Crippen LogP contribution in [0.3, 0.4) is 0 Å². The topological polar surface area (TPSA) is 35.2 Å². The third-order valence-electron chi connectivity index (χ3n) is 2.89. The van der Waals surface area contributed by atoms with Crippen LogP contribution in [0.2, 0.25) is 0 Å². The van der Waals surface area contributed by atoms with Crippen molar-refractivity contribution in [3.05, 3.63) is 66.7 Å². The van der Waals surface area contributed by atoms with E-state index in [1.54, 1.807) is 0 Å². The molecule has 2 nitrogen and oxygen atoms in total. The SMILES string of the molecule is Nc1ccccc1OSc1cccc2ccccc12. The Balaban J connectivity index is 1.88. The second kappa shape index (κ2) is 5.24. The van der Waals surface area contributed by atoms with Crippen molar-refractivity contribution in [2.75, 3.05) is 5.73 Å². The van der Waals surface area contributed by atoms with Crippen LogP contribution in [-0.4, -0.2) is 0 Å². The van der Waals surface area contributed by atoms with Gasteiger partial charge in [0.25, 0.3) is 0 Å². The lowest BCUT2D eigenvalue weighted by Crippen LogP contribution is -1.90. The third kappa shape index (κ3) is 2.51. The van der Waals surface area contributed by atoms with Crippen molar-refractivity contribution < 1.29 is 4.18 Å². The number of nitrogens with two attached hydrogens (primary N) is 1. The highest BCUT2D eigenvalue weighted by molar-refractivity contribution is 7.95. The van der Waals surface area contributed by atoms with Gasteiger partial charge in [-0.3, -0.25) is 0 Å². The van der Waals surface area contributed by atoms with Gasteiger partial charge in [-0.05, 0) is 29.0 Å². The maximum absolute atomic E-state index is 5.86. The Morgan fingerprint density at radius 1 is 0.789 bits per heavy atom. The Morgan fingerprint density at radius 2 is 1.53 bits per heavy atom. The fourth-order valence-corrected chi connectivity index (χ4v) is 2.66. The molecule has 3 heteroatoms. The lowest BCUT2D eigenvalue weighted by atomic mass is 10.1. The summed E-state index contributed by atoms with van der Waals surface area (Å²) in [4.78, 5) is 1.08. The van der Waals surface area contributed by atoms with E-state index in [0.717, 1.165) is 4.90 Å². The molecule has 3 rings (SSSR count). The zero-order chi connectivity index (χ0) is 13.1. The first-order valence-electron chi connectivity index (χ1n) is 6.01. The summed E-state index contributed by atoms with van der Waals surface area (Å²) in [6.45, 7) is 0. The molecule has 0 aliphatic heterocycles. The quantitative estimate of drug-likeness (QED) is 0.560. The van der Waals surface area contributed by atoms with E-state index in [0.29, 0.717) is 11.4 Å². The smallest absolute Gasteiger partial charge is 0.160 e. The predicted octanol–water partition coefficient (Wildman–Crippen LogP) is 4.51. The third-order valence-corrected chi connectivity index (χ3v) is 3.69. The number of nitrogen functional groups attached to an aromatic ring is 1. The molecule has 0 amide bonds. The highest BCUT2D eigenvalue weighted by Gasteiger charge is 2.04. The largest absolute Gasteiger partial charge is 0.418 e. The minimum Gasteiger partial charge on any atom is -0.418 e. The summed E-state index contributed by atoms with van der Waals surface area (Å²) in [5.74, 6) is 0.695. The number of para-hydroxylation sites is 2. The molecule has 0 fully saturated rings. The van der Waals surface area contributed by atoms with Gasteiger partial charge < -0.3 is 9.92 Å². The first kappa shape index (κ1) is 11.9. The van der Waals surface area contributed by atoms with Gasteiger partial charge in [0.05, 0.1) is 22.6 Å². The first-order valence-corrected chi connectivity index (χ1v) is 6.75. The zero-order valence-electron chi connectivity index (χ0n) is 10.2. The number of rotatable bonds is 3. The van der Waals surface area contributed by atoms with Gasteiger partial charge in [-0.25, -0.2) is 0 Å². The molecule has 0 spiro atoms. The molecule has 0 aliphatic rings. The van der Waals surface area contributed by atoms with E-state index in [4.69, 9.17) is 9.92 Å². The fourth-order valence-electron chi connectivity index (χ4n) is 1.91. The molecule has 94 valence electrons. The molecule has 3 aromatic carbocycles. The van der Waals surface area contributed by atoms with Crippen LogP contribution >= 0.6 is 12.0 Å². The van der Waals surface area contributed by atoms with Gasteiger partial charge in [-0.2, -0.15) is 0 Å². The lowest BCUT2D eigenvalue weighted by Gasteiger charge is -2.08. The molecule has 0 saturated carbocycles. The Morgan fingerprint density at radius 3 is 2.42 bits per heavy atom. The normalized spacial score (nSPS) is 10.5. The Labute approximate surface area is 116 Å². The molecule has 0 unspecified atom stereocenters.